The molecular formula is C29H24Cl3NO8. The van der Waals surface area contributed by atoms with E-state index in [0.717, 1.165) is 0 Å². The van der Waals surface area contributed by atoms with E-state index in [0.29, 0.717) is 0 Å². The highest BCUT2D eigenvalue weighted by molar-refractivity contribution is 6.76. The van der Waals surface area contributed by atoms with Crippen LogP contribution in [-0.2, 0) is 23.7 Å². The molecule has 1 aliphatic heterocycles. The molecule has 0 saturated carbocycles. The topological polar surface area (TPSA) is 121 Å². The Labute approximate surface area is 250 Å². The normalized spacial score (nSPS) is 22.2. The molecule has 0 aromatic heterocycles. The van der Waals surface area contributed by atoms with Gasteiger partial charge in [0, 0.05) is 0 Å². The van der Waals surface area contributed by atoms with Crippen molar-refractivity contribution in [1.82, 2.24) is 0 Å². The van der Waals surface area contributed by atoms with Crippen LogP contribution in [0.1, 0.15) is 38.0 Å². The van der Waals surface area contributed by atoms with Crippen LogP contribution in [0.4, 0.5) is 0 Å². The lowest BCUT2D eigenvalue weighted by Gasteiger charge is -2.43. The summed E-state index contributed by atoms with van der Waals surface area (Å²) in [6.07, 6.45) is -6.93. The largest absolute Gasteiger partial charge is 0.452 e. The molecule has 5 atom stereocenters. The number of carbonyl (C=O) groups excluding carboxylic acids is 3. The summed E-state index contributed by atoms with van der Waals surface area (Å²) in [5.74, 6) is -3.22. The van der Waals surface area contributed by atoms with Gasteiger partial charge in [-0.05, 0) is 43.3 Å². The molecule has 3 unspecified atom stereocenters. The van der Waals surface area contributed by atoms with Gasteiger partial charge < -0.3 is 23.7 Å². The summed E-state index contributed by atoms with van der Waals surface area (Å²) in [7, 11) is 0. The molecule has 3 aromatic rings. The Hall–Kier alpha value is -3.63. The number of alkyl halides is 3. The Morgan fingerprint density at radius 1 is 0.634 bits per heavy atom. The van der Waals surface area contributed by atoms with Gasteiger partial charge in [0.05, 0.1) is 22.8 Å². The van der Waals surface area contributed by atoms with Crippen LogP contribution in [0.5, 0.6) is 0 Å². The summed E-state index contributed by atoms with van der Waals surface area (Å²) in [5, 5.41) is 8.06. The van der Waals surface area contributed by atoms with Crippen LogP contribution in [0.2, 0.25) is 0 Å². The second-order valence-electron chi connectivity index (χ2n) is 8.86. The summed E-state index contributed by atoms with van der Waals surface area (Å²) in [5.41, 5.74) is 0.564. The zero-order valence-electron chi connectivity index (χ0n) is 21.4. The van der Waals surface area contributed by atoms with Crippen molar-refractivity contribution >= 4 is 58.6 Å². The first-order valence-electron chi connectivity index (χ1n) is 12.3. The zero-order chi connectivity index (χ0) is 29.6. The number of hydrogen-bond donors (Lipinski definition) is 1. The monoisotopic (exact) mass is 619 g/mol. The highest BCUT2D eigenvalue weighted by Gasteiger charge is 2.53. The second-order valence-corrected chi connectivity index (χ2v) is 11.1. The minimum atomic E-state index is -2.28. The van der Waals surface area contributed by atoms with E-state index in [1.54, 1.807) is 66.7 Å². The van der Waals surface area contributed by atoms with Crippen molar-refractivity contribution in [2.24, 2.45) is 0 Å². The summed E-state index contributed by atoms with van der Waals surface area (Å²) < 4.78 is 26.4. The lowest BCUT2D eigenvalue weighted by atomic mass is 9.98. The van der Waals surface area contributed by atoms with E-state index >= 15 is 0 Å². The fourth-order valence-electron chi connectivity index (χ4n) is 3.97. The SMILES string of the molecule is CC1O[C@@H](OC(=N)C(Cl)(Cl)Cl)C(OC(=O)c2ccccc2)C(OC(=O)c2ccccc2)[C@H]1OC(=O)c1ccccc1. The molecule has 0 bridgehead atoms. The highest BCUT2D eigenvalue weighted by Crippen LogP contribution is 2.34. The van der Waals surface area contributed by atoms with E-state index in [2.05, 4.69) is 0 Å². The van der Waals surface area contributed by atoms with Crippen molar-refractivity contribution in [3.05, 3.63) is 108 Å². The van der Waals surface area contributed by atoms with Crippen LogP contribution >= 0.6 is 34.8 Å². The van der Waals surface area contributed by atoms with Gasteiger partial charge in [0.25, 0.3) is 3.79 Å². The Morgan fingerprint density at radius 3 is 1.39 bits per heavy atom. The number of nitrogens with one attached hydrogen (secondary N) is 1. The van der Waals surface area contributed by atoms with Gasteiger partial charge in [-0.15, -0.1) is 0 Å². The minimum absolute atomic E-state index is 0.160. The molecule has 0 aliphatic carbocycles. The number of halogens is 3. The van der Waals surface area contributed by atoms with Gasteiger partial charge in [-0.3, -0.25) is 5.41 Å². The maximum atomic E-state index is 13.2. The Kier molecular flexibility index (Phi) is 9.88. The molecule has 0 spiro atoms. The first-order valence-corrected chi connectivity index (χ1v) is 13.4. The average Bonchev–Trinajstić information content (AvgIpc) is 2.97. The predicted molar refractivity (Wildman–Crippen MR) is 150 cm³/mol. The van der Waals surface area contributed by atoms with Crippen molar-refractivity contribution in [1.29, 1.82) is 5.41 Å². The first kappa shape index (κ1) is 30.3. The zero-order valence-corrected chi connectivity index (χ0v) is 23.7. The van der Waals surface area contributed by atoms with E-state index in [4.69, 9.17) is 63.9 Å². The molecule has 3 aromatic carbocycles. The van der Waals surface area contributed by atoms with E-state index in [9.17, 15) is 14.4 Å². The van der Waals surface area contributed by atoms with Gasteiger partial charge in [0.2, 0.25) is 18.3 Å². The average molecular weight is 621 g/mol. The molecule has 1 saturated heterocycles. The number of benzene rings is 3. The summed E-state index contributed by atoms with van der Waals surface area (Å²) in [4.78, 5) is 39.4. The number of hydrogen-bond acceptors (Lipinski definition) is 9. The highest BCUT2D eigenvalue weighted by atomic mass is 35.6. The van der Waals surface area contributed by atoms with Crippen molar-refractivity contribution in [2.75, 3.05) is 0 Å². The summed E-state index contributed by atoms with van der Waals surface area (Å²) in [6, 6.07) is 24.1. The summed E-state index contributed by atoms with van der Waals surface area (Å²) in [6.45, 7) is 1.52. The Balaban J connectivity index is 1.73. The van der Waals surface area contributed by atoms with Crippen molar-refractivity contribution in [3.8, 4) is 0 Å². The van der Waals surface area contributed by atoms with Gasteiger partial charge in [0.15, 0.2) is 12.2 Å². The molecule has 9 nitrogen and oxygen atoms in total. The molecule has 12 heteroatoms. The minimum Gasteiger partial charge on any atom is -0.452 e. The maximum Gasteiger partial charge on any atom is 0.338 e. The molecule has 4 rings (SSSR count). The second kappa shape index (κ2) is 13.4. The molecule has 1 heterocycles. The maximum absolute atomic E-state index is 13.2. The number of ether oxygens (including phenoxy) is 5. The Bertz CT molecular complexity index is 1370. The Morgan fingerprint density at radius 2 is 1.00 bits per heavy atom. The molecule has 1 N–H and O–H groups in total. The molecular weight excluding hydrogens is 597 g/mol. The van der Waals surface area contributed by atoms with Crippen LogP contribution in [0, 0.1) is 5.41 Å². The first-order chi connectivity index (χ1) is 19.5. The van der Waals surface area contributed by atoms with Crippen LogP contribution in [-0.4, -0.2) is 58.3 Å². The lowest BCUT2D eigenvalue weighted by molar-refractivity contribution is -0.270. The van der Waals surface area contributed by atoms with Crippen molar-refractivity contribution in [2.45, 2.75) is 41.4 Å². The van der Waals surface area contributed by atoms with E-state index in [1.165, 1.54) is 31.2 Å². The number of esters is 3. The number of rotatable bonds is 7. The third-order valence-electron chi connectivity index (χ3n) is 5.98. The molecule has 0 amide bonds. The third kappa shape index (κ3) is 7.77. The lowest BCUT2D eigenvalue weighted by Crippen LogP contribution is -2.62. The van der Waals surface area contributed by atoms with Gasteiger partial charge >= 0.3 is 17.9 Å². The van der Waals surface area contributed by atoms with E-state index in [-0.39, 0.29) is 16.7 Å². The van der Waals surface area contributed by atoms with Crippen LogP contribution in [0.3, 0.4) is 0 Å². The molecule has 41 heavy (non-hydrogen) atoms. The number of carbonyl (C=O) groups is 3. The predicted octanol–water partition coefficient (Wildman–Crippen LogP) is 5.77. The van der Waals surface area contributed by atoms with Crippen LogP contribution < -0.4 is 0 Å². The molecule has 1 fully saturated rings. The fourth-order valence-corrected chi connectivity index (χ4v) is 4.10. The molecule has 1 aliphatic rings. The van der Waals surface area contributed by atoms with Gasteiger partial charge in [-0.2, -0.15) is 0 Å². The van der Waals surface area contributed by atoms with Gasteiger partial charge in [-0.25, -0.2) is 14.4 Å². The standard InChI is InChI=1S/C29H24Cl3NO8/c1-17-21(38-24(34)18-11-5-2-6-12-18)22(39-25(35)19-13-7-3-8-14-19)23(27(37-17)41-28(33)29(30,31)32)40-26(36)20-15-9-4-10-16-20/h2-17,21-23,27,33H,1H3/t17?,21-,22?,23?,27-/m0/s1. The van der Waals surface area contributed by atoms with E-state index < -0.39 is 58.3 Å². The molecule has 214 valence electrons. The van der Waals surface area contributed by atoms with Crippen molar-refractivity contribution < 1.29 is 38.1 Å². The van der Waals surface area contributed by atoms with E-state index in [1.807, 2.05) is 0 Å². The smallest absolute Gasteiger partial charge is 0.338 e. The van der Waals surface area contributed by atoms with Gasteiger partial charge in [-0.1, -0.05) is 89.4 Å². The quantitative estimate of drug-likeness (QED) is 0.116. The third-order valence-corrected chi connectivity index (χ3v) is 6.49. The van der Waals surface area contributed by atoms with Gasteiger partial charge in [0.1, 0.15) is 0 Å². The van der Waals surface area contributed by atoms with Crippen LogP contribution in [0.25, 0.3) is 0 Å². The van der Waals surface area contributed by atoms with Crippen molar-refractivity contribution in [3.63, 3.8) is 0 Å². The summed E-state index contributed by atoms with van der Waals surface area (Å²) >= 11 is 17.5. The fraction of sp³-hybridized carbons (Fsp3) is 0.241. The van der Waals surface area contributed by atoms with Crippen LogP contribution in [0.15, 0.2) is 91.0 Å². The molecule has 0 radical (unpaired) electrons.